The molecule has 1 heterocycles. The molecule has 0 spiro atoms. The van der Waals surface area contributed by atoms with Gasteiger partial charge in [-0.1, -0.05) is 27.2 Å². The molecule has 0 atom stereocenters. The average molecular weight is 260 g/mol. The summed E-state index contributed by atoms with van der Waals surface area (Å²) >= 11 is 0. The van der Waals surface area contributed by atoms with Crippen LogP contribution >= 0.6 is 0 Å². The van der Waals surface area contributed by atoms with Crippen molar-refractivity contribution in [2.45, 2.75) is 65.3 Å². The Hall–Kier alpha value is -0.890. The molecule has 0 radical (unpaired) electrons. The fourth-order valence-corrected chi connectivity index (χ4v) is 3.46. The first-order valence-electron chi connectivity index (χ1n) is 7.59. The van der Waals surface area contributed by atoms with Crippen molar-refractivity contribution in [1.29, 1.82) is 0 Å². The third-order valence-electron chi connectivity index (χ3n) is 5.47. The molecular formula is C17H28N2. The highest BCUT2D eigenvalue weighted by atomic mass is 14.8. The molecule has 1 aromatic heterocycles. The lowest BCUT2D eigenvalue weighted by Crippen LogP contribution is -2.43. The largest absolute Gasteiger partial charge is 0.321 e. The summed E-state index contributed by atoms with van der Waals surface area (Å²) in [4.78, 5) is 4.27. The van der Waals surface area contributed by atoms with Crippen LogP contribution in [0.5, 0.6) is 0 Å². The standard InChI is InChI=1S/C17H28N2/c1-5-16(3,4)14-6-9-17(18,10-7-14)15-12-19-11-8-13(15)2/h8,11-12,14H,5-7,9-10,18H2,1-4H3. The molecule has 1 saturated carbocycles. The zero-order chi connectivity index (χ0) is 14.1. The highest BCUT2D eigenvalue weighted by molar-refractivity contribution is 5.29. The first-order valence-corrected chi connectivity index (χ1v) is 7.59. The molecule has 19 heavy (non-hydrogen) atoms. The molecule has 2 rings (SSSR count). The number of pyridine rings is 1. The Bertz CT molecular complexity index is 429. The van der Waals surface area contributed by atoms with Gasteiger partial charge >= 0.3 is 0 Å². The molecule has 2 N–H and O–H groups in total. The third-order valence-corrected chi connectivity index (χ3v) is 5.47. The molecule has 0 saturated heterocycles. The minimum atomic E-state index is -0.154. The maximum Gasteiger partial charge on any atom is 0.0427 e. The van der Waals surface area contributed by atoms with Gasteiger partial charge in [0.1, 0.15) is 0 Å². The minimum absolute atomic E-state index is 0.154. The van der Waals surface area contributed by atoms with Crippen molar-refractivity contribution in [1.82, 2.24) is 4.98 Å². The van der Waals surface area contributed by atoms with Crippen LogP contribution < -0.4 is 5.73 Å². The lowest BCUT2D eigenvalue weighted by atomic mass is 9.64. The Morgan fingerprint density at radius 3 is 2.53 bits per heavy atom. The Labute approximate surface area is 117 Å². The molecule has 2 heteroatoms. The zero-order valence-electron chi connectivity index (χ0n) is 12.9. The van der Waals surface area contributed by atoms with E-state index in [9.17, 15) is 0 Å². The summed E-state index contributed by atoms with van der Waals surface area (Å²) in [5.41, 5.74) is 9.52. The van der Waals surface area contributed by atoms with Crippen molar-refractivity contribution in [3.63, 3.8) is 0 Å². The van der Waals surface area contributed by atoms with E-state index in [1.165, 1.54) is 30.4 Å². The fourth-order valence-electron chi connectivity index (χ4n) is 3.46. The quantitative estimate of drug-likeness (QED) is 0.886. The summed E-state index contributed by atoms with van der Waals surface area (Å²) in [5.74, 6) is 0.811. The van der Waals surface area contributed by atoms with E-state index in [0.29, 0.717) is 5.41 Å². The van der Waals surface area contributed by atoms with Crippen LogP contribution in [0.1, 0.15) is 64.0 Å². The molecule has 2 nitrogen and oxygen atoms in total. The maximum atomic E-state index is 6.69. The monoisotopic (exact) mass is 260 g/mol. The number of nitrogens with zero attached hydrogens (tertiary/aromatic N) is 1. The van der Waals surface area contributed by atoms with Gasteiger partial charge in [-0.3, -0.25) is 4.98 Å². The van der Waals surface area contributed by atoms with E-state index in [2.05, 4.69) is 38.7 Å². The van der Waals surface area contributed by atoms with Gasteiger partial charge in [-0.25, -0.2) is 0 Å². The predicted molar refractivity (Wildman–Crippen MR) is 80.9 cm³/mol. The van der Waals surface area contributed by atoms with Crippen LogP contribution in [-0.2, 0) is 5.54 Å². The van der Waals surface area contributed by atoms with Crippen LogP contribution in [0.3, 0.4) is 0 Å². The highest BCUT2D eigenvalue weighted by Crippen LogP contribution is 2.46. The molecule has 0 amide bonds. The minimum Gasteiger partial charge on any atom is -0.321 e. The Morgan fingerprint density at radius 2 is 2.00 bits per heavy atom. The van der Waals surface area contributed by atoms with Gasteiger partial charge in [0.05, 0.1) is 0 Å². The van der Waals surface area contributed by atoms with Crippen molar-refractivity contribution in [3.05, 3.63) is 29.6 Å². The number of hydrogen-bond acceptors (Lipinski definition) is 2. The lowest BCUT2D eigenvalue weighted by Gasteiger charge is -2.43. The van der Waals surface area contributed by atoms with Crippen molar-refractivity contribution in [2.24, 2.45) is 17.1 Å². The second kappa shape index (κ2) is 5.24. The Balaban J connectivity index is 2.13. The van der Waals surface area contributed by atoms with Crippen LogP contribution in [0.4, 0.5) is 0 Å². The smallest absolute Gasteiger partial charge is 0.0427 e. The Morgan fingerprint density at radius 1 is 1.37 bits per heavy atom. The molecule has 0 aromatic carbocycles. The summed E-state index contributed by atoms with van der Waals surface area (Å²) in [5, 5.41) is 0. The molecule has 106 valence electrons. The second-order valence-corrected chi connectivity index (χ2v) is 6.96. The number of rotatable bonds is 3. The fraction of sp³-hybridized carbons (Fsp3) is 0.706. The van der Waals surface area contributed by atoms with E-state index in [-0.39, 0.29) is 5.54 Å². The highest BCUT2D eigenvalue weighted by Gasteiger charge is 2.38. The number of aromatic nitrogens is 1. The Kier molecular flexibility index (Phi) is 4.00. The van der Waals surface area contributed by atoms with Gasteiger partial charge in [-0.15, -0.1) is 0 Å². The third kappa shape index (κ3) is 2.84. The topological polar surface area (TPSA) is 38.9 Å². The molecule has 1 aliphatic carbocycles. The van der Waals surface area contributed by atoms with E-state index in [1.54, 1.807) is 0 Å². The van der Waals surface area contributed by atoms with Gasteiger partial charge < -0.3 is 5.73 Å². The maximum absolute atomic E-state index is 6.69. The van der Waals surface area contributed by atoms with Crippen molar-refractivity contribution in [2.75, 3.05) is 0 Å². The van der Waals surface area contributed by atoms with E-state index >= 15 is 0 Å². The normalized spacial score (nSPS) is 28.4. The molecule has 0 aliphatic heterocycles. The lowest BCUT2D eigenvalue weighted by molar-refractivity contribution is 0.114. The average Bonchev–Trinajstić information content (AvgIpc) is 2.39. The zero-order valence-corrected chi connectivity index (χ0v) is 12.9. The SMILES string of the molecule is CCC(C)(C)C1CCC(N)(c2cnccc2C)CC1. The number of hydrogen-bond donors (Lipinski definition) is 1. The van der Waals surface area contributed by atoms with Gasteiger partial charge in [0, 0.05) is 17.9 Å². The van der Waals surface area contributed by atoms with E-state index in [4.69, 9.17) is 5.73 Å². The number of nitrogens with two attached hydrogens (primary N) is 1. The van der Waals surface area contributed by atoms with E-state index < -0.39 is 0 Å². The van der Waals surface area contributed by atoms with Gasteiger partial charge in [-0.05, 0) is 61.1 Å². The van der Waals surface area contributed by atoms with Gasteiger partial charge in [0.15, 0.2) is 0 Å². The summed E-state index contributed by atoms with van der Waals surface area (Å²) in [7, 11) is 0. The molecule has 1 fully saturated rings. The second-order valence-electron chi connectivity index (χ2n) is 6.96. The molecular weight excluding hydrogens is 232 g/mol. The van der Waals surface area contributed by atoms with Crippen LogP contribution in [-0.4, -0.2) is 4.98 Å². The van der Waals surface area contributed by atoms with Crippen molar-refractivity contribution >= 4 is 0 Å². The van der Waals surface area contributed by atoms with Crippen LogP contribution in [0.2, 0.25) is 0 Å². The van der Waals surface area contributed by atoms with E-state index in [1.807, 2.05) is 12.4 Å². The van der Waals surface area contributed by atoms with E-state index in [0.717, 1.165) is 18.8 Å². The molecule has 0 unspecified atom stereocenters. The van der Waals surface area contributed by atoms with Crippen LogP contribution in [0, 0.1) is 18.3 Å². The van der Waals surface area contributed by atoms with Crippen LogP contribution in [0.25, 0.3) is 0 Å². The summed E-state index contributed by atoms with van der Waals surface area (Å²) < 4.78 is 0. The van der Waals surface area contributed by atoms with Gasteiger partial charge in [0.25, 0.3) is 0 Å². The van der Waals surface area contributed by atoms with Gasteiger partial charge in [-0.2, -0.15) is 0 Å². The van der Waals surface area contributed by atoms with Crippen molar-refractivity contribution in [3.8, 4) is 0 Å². The summed E-state index contributed by atoms with van der Waals surface area (Å²) in [6, 6.07) is 2.08. The number of aryl methyl sites for hydroxylation is 1. The predicted octanol–water partition coefficient (Wildman–Crippen LogP) is 4.17. The molecule has 1 aliphatic rings. The summed E-state index contributed by atoms with van der Waals surface area (Å²) in [6.45, 7) is 9.25. The molecule has 0 bridgehead atoms. The first-order chi connectivity index (χ1) is 8.89. The first kappa shape index (κ1) is 14.5. The molecule has 1 aromatic rings. The summed E-state index contributed by atoms with van der Waals surface area (Å²) in [6.07, 6.45) is 9.74. The van der Waals surface area contributed by atoms with Crippen molar-refractivity contribution < 1.29 is 0 Å². The van der Waals surface area contributed by atoms with Crippen LogP contribution in [0.15, 0.2) is 18.5 Å². The van der Waals surface area contributed by atoms with Gasteiger partial charge in [0.2, 0.25) is 0 Å².